The maximum Gasteiger partial charge on any atom is 0.417 e. The van der Waals surface area contributed by atoms with Crippen molar-refractivity contribution in [3.63, 3.8) is 0 Å². The number of ether oxygens (including phenoxy) is 2. The van der Waals surface area contributed by atoms with Gasteiger partial charge in [0.2, 0.25) is 0 Å². The van der Waals surface area contributed by atoms with E-state index in [0.29, 0.717) is 49.7 Å². The van der Waals surface area contributed by atoms with Gasteiger partial charge in [-0.1, -0.05) is 25.4 Å². The lowest BCUT2D eigenvalue weighted by atomic mass is 9.74. The van der Waals surface area contributed by atoms with Gasteiger partial charge in [0.25, 0.3) is 10.0 Å². The molecule has 10 nitrogen and oxygen atoms in total. The van der Waals surface area contributed by atoms with E-state index in [1.807, 2.05) is 0 Å². The summed E-state index contributed by atoms with van der Waals surface area (Å²) in [5, 5.41) is 1.96. The molecule has 1 fully saturated rings. The molecule has 2 heterocycles. The Kier molecular flexibility index (Phi) is 11.3. The van der Waals surface area contributed by atoms with Crippen molar-refractivity contribution in [2.24, 2.45) is 5.92 Å². The third-order valence-corrected chi connectivity index (χ3v) is 8.99. The zero-order valence-electron chi connectivity index (χ0n) is 23.6. The highest BCUT2D eigenvalue weighted by atomic mass is 32.2. The van der Waals surface area contributed by atoms with E-state index in [4.69, 9.17) is 4.74 Å². The normalized spacial score (nSPS) is 19.9. The van der Waals surface area contributed by atoms with E-state index in [2.05, 4.69) is 26.1 Å². The summed E-state index contributed by atoms with van der Waals surface area (Å²) in [6.07, 6.45) is 1.15. The largest absolute Gasteiger partial charge is 0.458 e. The number of pyridine rings is 1. The first-order valence-electron chi connectivity index (χ1n) is 13.4. The zero-order chi connectivity index (χ0) is 31.8. The number of methoxy groups -OCH3 is 1. The molecular formula is C28H33F3N3O7PS. The van der Waals surface area contributed by atoms with Gasteiger partial charge >= 0.3 is 18.2 Å². The Balaban J connectivity index is 1.78. The molecule has 15 heteroatoms. The van der Waals surface area contributed by atoms with Crippen LogP contribution in [0.4, 0.5) is 23.7 Å². The van der Waals surface area contributed by atoms with Gasteiger partial charge in [-0.2, -0.15) is 21.6 Å². The van der Waals surface area contributed by atoms with Crippen LogP contribution in [-0.2, 0) is 35.3 Å². The number of alkyl carbamates (subject to hydrolysis) is 1. The molecule has 2 N–H and O–H groups in total. The number of hydrogen-bond donors (Lipinski definition) is 2. The predicted octanol–water partition coefficient (Wildman–Crippen LogP) is 5.17. The highest BCUT2D eigenvalue weighted by Crippen LogP contribution is 2.41. The molecule has 0 radical (unpaired) electrons. The van der Waals surface area contributed by atoms with Crippen LogP contribution in [0.2, 0.25) is 0 Å². The van der Waals surface area contributed by atoms with Crippen molar-refractivity contribution in [1.29, 1.82) is 0 Å². The maximum absolute atomic E-state index is 13.5. The number of carbonyl (C=O) groups is 3. The highest BCUT2D eigenvalue weighted by molar-refractivity contribution is 7.92. The van der Waals surface area contributed by atoms with E-state index < -0.39 is 56.3 Å². The van der Waals surface area contributed by atoms with Crippen LogP contribution >= 0.6 is 8.20 Å². The van der Waals surface area contributed by atoms with E-state index in [9.17, 15) is 36.0 Å². The van der Waals surface area contributed by atoms with Crippen LogP contribution in [0, 0.1) is 5.92 Å². The number of nitrogens with zero attached hydrogens (tertiary/aromatic N) is 1. The molecule has 234 valence electrons. The van der Waals surface area contributed by atoms with Crippen molar-refractivity contribution in [2.75, 3.05) is 24.5 Å². The Morgan fingerprint density at radius 3 is 2.58 bits per heavy atom. The number of aromatic nitrogens is 1. The quantitative estimate of drug-likeness (QED) is 0.132. The fourth-order valence-corrected chi connectivity index (χ4v) is 6.58. The van der Waals surface area contributed by atoms with E-state index in [0.717, 1.165) is 14.3 Å². The standard InChI is InChI=1S/C28H33F3N3O7PS/c1-4-21(24-22(35)16-27(12-14-42-3,41-25(24)36)11-6-13-32-26(37)40-2)18-7-5-8-20(15-18)34-43(38,39)23-10-9-19(17-33-23)28(29,30)31/h5,7-10,15,17,21,24,34H,3-4,6,11-14,16H2,1-2H3,(H,32,37). The average Bonchev–Trinajstić information content (AvgIpc) is 2.95. The molecule has 2 aromatic rings. The summed E-state index contributed by atoms with van der Waals surface area (Å²) in [6, 6.07) is 7.48. The highest BCUT2D eigenvalue weighted by Gasteiger charge is 2.49. The van der Waals surface area contributed by atoms with Gasteiger partial charge < -0.3 is 14.8 Å². The number of rotatable bonds is 13. The SMILES string of the molecule is C=PCCC1(CCCNC(=O)OC)CC(=O)C(C(CC)c2cccc(NS(=O)(=O)c3ccc(C(F)(F)F)cn3)c2)C(=O)O1. The number of Topliss-reactive ketones (excluding diaryl/α,β-unsaturated/α-hetero) is 1. The maximum atomic E-state index is 13.5. The number of carbonyl (C=O) groups excluding carboxylic acids is 3. The summed E-state index contributed by atoms with van der Waals surface area (Å²) in [5.74, 6) is -2.72. The van der Waals surface area contributed by atoms with Gasteiger partial charge in [0, 0.05) is 30.8 Å². The molecule has 1 saturated heterocycles. The Hall–Kier alpha value is -3.51. The Morgan fingerprint density at radius 1 is 1.26 bits per heavy atom. The molecule has 43 heavy (non-hydrogen) atoms. The lowest BCUT2D eigenvalue weighted by Gasteiger charge is -2.40. The molecule has 1 aromatic heterocycles. The van der Waals surface area contributed by atoms with Crippen molar-refractivity contribution in [3.8, 4) is 0 Å². The van der Waals surface area contributed by atoms with Gasteiger partial charge in [0.05, 0.1) is 12.7 Å². The Labute approximate surface area is 249 Å². The van der Waals surface area contributed by atoms with Gasteiger partial charge in [0.1, 0.15) is 11.5 Å². The number of benzene rings is 1. The molecule has 1 aromatic carbocycles. The summed E-state index contributed by atoms with van der Waals surface area (Å²) < 4.78 is 77.0. The molecule has 0 saturated carbocycles. The third kappa shape index (κ3) is 8.76. The number of ketones is 1. The van der Waals surface area contributed by atoms with Gasteiger partial charge in [-0.25, -0.2) is 9.78 Å². The second kappa shape index (κ2) is 14.3. The van der Waals surface area contributed by atoms with E-state index in [1.54, 1.807) is 19.1 Å². The van der Waals surface area contributed by atoms with Crippen LogP contribution < -0.4 is 10.0 Å². The first kappa shape index (κ1) is 34.0. The predicted molar refractivity (Wildman–Crippen MR) is 155 cm³/mol. The van der Waals surface area contributed by atoms with Crippen LogP contribution in [-0.4, -0.2) is 63.0 Å². The van der Waals surface area contributed by atoms with Crippen molar-refractivity contribution in [3.05, 3.63) is 53.7 Å². The van der Waals surface area contributed by atoms with E-state index in [-0.39, 0.29) is 24.4 Å². The molecule has 3 atom stereocenters. The number of sulfonamides is 1. The first-order valence-corrected chi connectivity index (χ1v) is 16.2. The lowest BCUT2D eigenvalue weighted by molar-refractivity contribution is -0.180. The van der Waals surface area contributed by atoms with E-state index >= 15 is 0 Å². The number of alkyl halides is 3. The number of hydrogen-bond acceptors (Lipinski definition) is 8. The minimum absolute atomic E-state index is 0.0143. The molecule has 1 aliphatic rings. The first-order chi connectivity index (χ1) is 20.2. The van der Waals surface area contributed by atoms with Crippen LogP contribution in [0.3, 0.4) is 0 Å². The van der Waals surface area contributed by atoms with Crippen LogP contribution in [0.5, 0.6) is 0 Å². The smallest absolute Gasteiger partial charge is 0.417 e. The van der Waals surface area contributed by atoms with Gasteiger partial charge in [-0.05, 0) is 61.7 Å². The minimum Gasteiger partial charge on any atom is -0.458 e. The number of anilines is 1. The number of cyclic esters (lactones) is 1. The molecule has 3 rings (SSSR count). The van der Waals surface area contributed by atoms with E-state index in [1.165, 1.54) is 19.2 Å². The van der Waals surface area contributed by atoms with Crippen LogP contribution in [0.15, 0.2) is 47.6 Å². The molecule has 0 bridgehead atoms. The average molecular weight is 644 g/mol. The summed E-state index contributed by atoms with van der Waals surface area (Å²) in [5.41, 5.74) is -1.53. The second-order valence-corrected chi connectivity index (χ2v) is 12.6. The minimum atomic E-state index is -4.67. The van der Waals surface area contributed by atoms with Gasteiger partial charge in [-0.15, -0.1) is 8.20 Å². The number of nitrogens with one attached hydrogen (secondary N) is 2. The third-order valence-electron chi connectivity index (χ3n) is 7.15. The zero-order valence-corrected chi connectivity index (χ0v) is 25.4. The monoisotopic (exact) mass is 643 g/mol. The van der Waals surface area contributed by atoms with Crippen molar-refractivity contribution in [2.45, 2.75) is 61.7 Å². The van der Waals surface area contributed by atoms with Gasteiger partial charge in [-0.3, -0.25) is 14.3 Å². The summed E-state index contributed by atoms with van der Waals surface area (Å²) in [6.45, 7) is 2.06. The van der Waals surface area contributed by atoms with Crippen molar-refractivity contribution >= 4 is 48.1 Å². The molecule has 0 aliphatic carbocycles. The Morgan fingerprint density at radius 2 is 2.00 bits per heavy atom. The molecule has 1 amide bonds. The fourth-order valence-electron chi connectivity index (χ4n) is 5.03. The molecule has 3 unspecified atom stereocenters. The summed E-state index contributed by atoms with van der Waals surface area (Å²) in [4.78, 5) is 41.7. The summed E-state index contributed by atoms with van der Waals surface area (Å²) >= 11 is 0. The molecule has 0 spiro atoms. The molecular weight excluding hydrogens is 610 g/mol. The van der Waals surface area contributed by atoms with Crippen LogP contribution in [0.25, 0.3) is 0 Å². The van der Waals surface area contributed by atoms with Crippen molar-refractivity contribution < 1.29 is 45.4 Å². The second-order valence-electron chi connectivity index (χ2n) is 10.1. The Bertz CT molecular complexity index is 1420. The number of halogens is 3. The number of amides is 1. The van der Waals surface area contributed by atoms with Gasteiger partial charge in [0.15, 0.2) is 10.8 Å². The fraction of sp³-hybridized carbons (Fsp3) is 0.464. The molecule has 1 aliphatic heterocycles. The summed E-state index contributed by atoms with van der Waals surface area (Å²) in [7, 11) is -2.27. The van der Waals surface area contributed by atoms with Crippen molar-refractivity contribution in [1.82, 2.24) is 10.3 Å². The van der Waals surface area contributed by atoms with Crippen LogP contribution in [0.1, 0.15) is 56.1 Å². The topological polar surface area (TPSA) is 141 Å². The number of esters is 1. The lowest BCUT2D eigenvalue weighted by Crippen LogP contribution is -2.49.